The van der Waals surface area contributed by atoms with Crippen LogP contribution in [0.4, 0.5) is 0 Å². The maximum absolute atomic E-state index is 12.4. The van der Waals surface area contributed by atoms with Gasteiger partial charge in [0.05, 0.1) is 31.7 Å². The number of hydrogen-bond donors (Lipinski definition) is 1. The molecule has 0 spiro atoms. The van der Waals surface area contributed by atoms with E-state index in [1.165, 1.54) is 0 Å². The molecule has 8 nitrogen and oxygen atoms in total. The molecule has 0 atom stereocenters. The fourth-order valence-electron chi connectivity index (χ4n) is 2.87. The number of guanidine groups is 1. The van der Waals surface area contributed by atoms with Gasteiger partial charge >= 0.3 is 0 Å². The molecule has 0 saturated carbocycles. The molecular weight excluding hydrogens is 471 g/mol. The summed E-state index contributed by atoms with van der Waals surface area (Å²) in [6.45, 7) is 10.8. The van der Waals surface area contributed by atoms with Gasteiger partial charge in [-0.15, -0.1) is 24.0 Å². The van der Waals surface area contributed by atoms with Crippen LogP contribution in [-0.4, -0.2) is 95.0 Å². The van der Waals surface area contributed by atoms with Crippen molar-refractivity contribution in [1.29, 1.82) is 0 Å². The number of rotatable bonds is 7. The molecule has 2 rings (SSSR count). The van der Waals surface area contributed by atoms with Crippen molar-refractivity contribution in [1.82, 2.24) is 14.5 Å². The fraction of sp³-hybridized carbons (Fsp3) is 0.938. The van der Waals surface area contributed by atoms with Crippen LogP contribution in [0.3, 0.4) is 0 Å². The molecule has 0 aliphatic carbocycles. The first kappa shape index (κ1) is 23.9. The molecule has 2 aliphatic heterocycles. The minimum absolute atomic E-state index is 0. The third-order valence-electron chi connectivity index (χ3n) is 4.51. The fourth-order valence-corrected chi connectivity index (χ4v) is 4.16. The molecule has 0 radical (unpaired) electrons. The van der Waals surface area contributed by atoms with Gasteiger partial charge in [0.1, 0.15) is 0 Å². The monoisotopic (exact) mass is 504 g/mol. The smallest absolute Gasteiger partial charge is 0.216 e. The average Bonchev–Trinajstić information content (AvgIpc) is 2.53. The first-order valence-electron chi connectivity index (χ1n) is 8.88. The van der Waals surface area contributed by atoms with Crippen LogP contribution < -0.4 is 5.32 Å². The lowest BCUT2D eigenvalue weighted by atomic mass is 9.89. The summed E-state index contributed by atoms with van der Waals surface area (Å²) in [6, 6.07) is 0. The minimum Gasteiger partial charge on any atom is -0.380 e. The van der Waals surface area contributed by atoms with Crippen molar-refractivity contribution in [2.75, 3.05) is 65.3 Å². The molecule has 10 heteroatoms. The molecule has 26 heavy (non-hydrogen) atoms. The Labute approximate surface area is 174 Å². The van der Waals surface area contributed by atoms with Gasteiger partial charge in [-0.05, 0) is 13.8 Å². The number of ether oxygens (including phenoxy) is 2. The number of hydrogen-bond acceptors (Lipinski definition) is 5. The Bertz CT molecular complexity index is 559. The minimum atomic E-state index is -3.26. The van der Waals surface area contributed by atoms with Gasteiger partial charge < -0.3 is 19.7 Å². The van der Waals surface area contributed by atoms with Gasteiger partial charge in [0.15, 0.2) is 5.96 Å². The van der Waals surface area contributed by atoms with Crippen LogP contribution in [0.1, 0.15) is 20.8 Å². The second-order valence-electron chi connectivity index (χ2n) is 7.33. The second kappa shape index (κ2) is 10.4. The largest absolute Gasteiger partial charge is 0.380 e. The van der Waals surface area contributed by atoms with Crippen molar-refractivity contribution in [3.63, 3.8) is 0 Å². The van der Waals surface area contributed by atoms with E-state index in [4.69, 9.17) is 9.47 Å². The second-order valence-corrected chi connectivity index (χ2v) is 9.41. The highest BCUT2D eigenvalue weighted by Crippen LogP contribution is 2.25. The Kier molecular flexibility index (Phi) is 9.54. The summed E-state index contributed by atoms with van der Waals surface area (Å²) in [5.41, 5.74) is 0.164. The quantitative estimate of drug-likeness (QED) is 0.311. The molecule has 1 N–H and O–H groups in total. The Balaban J connectivity index is 0.00000338. The highest BCUT2D eigenvalue weighted by atomic mass is 127. The highest BCUT2D eigenvalue weighted by Gasteiger charge is 2.34. The van der Waals surface area contributed by atoms with E-state index in [0.717, 1.165) is 25.7 Å². The molecule has 0 aromatic carbocycles. The first-order valence-corrected chi connectivity index (χ1v) is 10.5. The molecule has 2 saturated heterocycles. The van der Waals surface area contributed by atoms with Gasteiger partial charge in [0.2, 0.25) is 10.0 Å². The summed E-state index contributed by atoms with van der Waals surface area (Å²) in [7, 11) is -1.50. The number of sulfonamides is 1. The summed E-state index contributed by atoms with van der Waals surface area (Å²) >= 11 is 0. The van der Waals surface area contributed by atoms with Crippen LogP contribution >= 0.6 is 24.0 Å². The van der Waals surface area contributed by atoms with Crippen molar-refractivity contribution in [2.24, 2.45) is 10.4 Å². The van der Waals surface area contributed by atoms with Gasteiger partial charge in [-0.3, -0.25) is 4.99 Å². The van der Waals surface area contributed by atoms with Crippen LogP contribution in [-0.2, 0) is 19.5 Å². The van der Waals surface area contributed by atoms with Crippen molar-refractivity contribution in [2.45, 2.75) is 26.9 Å². The normalized spacial score (nSPS) is 21.3. The summed E-state index contributed by atoms with van der Waals surface area (Å²) in [5, 5.41) is 3.39. The maximum Gasteiger partial charge on any atom is 0.216 e. The predicted molar refractivity (Wildman–Crippen MR) is 114 cm³/mol. The van der Waals surface area contributed by atoms with E-state index in [1.54, 1.807) is 11.4 Å². The van der Waals surface area contributed by atoms with Gasteiger partial charge in [-0.25, -0.2) is 8.42 Å². The van der Waals surface area contributed by atoms with Crippen molar-refractivity contribution < 1.29 is 17.9 Å². The van der Waals surface area contributed by atoms with Crippen LogP contribution in [0.2, 0.25) is 0 Å². The summed E-state index contributed by atoms with van der Waals surface area (Å²) in [5.74, 6) is 0.865. The number of nitrogens with zero attached hydrogens (tertiary/aromatic N) is 3. The average molecular weight is 504 g/mol. The molecule has 2 aliphatic rings. The van der Waals surface area contributed by atoms with E-state index in [0.29, 0.717) is 26.2 Å². The van der Waals surface area contributed by atoms with E-state index in [2.05, 4.69) is 22.1 Å². The lowest BCUT2D eigenvalue weighted by molar-refractivity contribution is -0.0973. The number of piperazine rings is 1. The molecule has 154 valence electrons. The zero-order valence-corrected chi connectivity index (χ0v) is 19.4. The third-order valence-corrected chi connectivity index (χ3v) is 6.34. The summed E-state index contributed by atoms with van der Waals surface area (Å²) < 4.78 is 37.0. The molecule has 0 bridgehead atoms. The molecule has 0 amide bonds. The first-order chi connectivity index (χ1) is 11.8. The SMILES string of the molecule is CN=C(NCC1(C)COC1)N1CCN(S(=O)(=O)CCOC(C)C)CC1.I. The zero-order chi connectivity index (χ0) is 18.5. The lowest BCUT2D eigenvalue weighted by Gasteiger charge is -2.40. The van der Waals surface area contributed by atoms with Gasteiger partial charge in [-0.2, -0.15) is 4.31 Å². The van der Waals surface area contributed by atoms with Crippen LogP contribution in [0, 0.1) is 5.41 Å². The lowest BCUT2D eigenvalue weighted by Crippen LogP contribution is -2.56. The standard InChI is InChI=1S/C16H32N4O4S.HI/c1-14(2)24-9-10-25(21,22)20-7-5-19(6-8-20)15(17-4)18-11-16(3)12-23-13-16;/h14H,5-13H2,1-4H3,(H,17,18);1H. The molecule has 0 unspecified atom stereocenters. The summed E-state index contributed by atoms with van der Waals surface area (Å²) in [6.07, 6.45) is 0.0457. The number of nitrogens with one attached hydrogen (secondary N) is 1. The van der Waals surface area contributed by atoms with E-state index in [9.17, 15) is 8.42 Å². The summed E-state index contributed by atoms with van der Waals surface area (Å²) in [4.78, 5) is 6.44. The maximum atomic E-state index is 12.4. The van der Waals surface area contributed by atoms with Crippen LogP contribution in [0.5, 0.6) is 0 Å². The Morgan fingerprint density at radius 1 is 1.27 bits per heavy atom. The van der Waals surface area contributed by atoms with E-state index in [1.807, 2.05) is 13.8 Å². The zero-order valence-electron chi connectivity index (χ0n) is 16.2. The Morgan fingerprint density at radius 3 is 2.35 bits per heavy atom. The van der Waals surface area contributed by atoms with Gasteiger partial charge in [0.25, 0.3) is 0 Å². The Morgan fingerprint density at radius 2 is 1.88 bits per heavy atom. The van der Waals surface area contributed by atoms with Crippen LogP contribution in [0.15, 0.2) is 4.99 Å². The van der Waals surface area contributed by atoms with Crippen LogP contribution in [0.25, 0.3) is 0 Å². The van der Waals surface area contributed by atoms with Crippen molar-refractivity contribution >= 4 is 40.0 Å². The van der Waals surface area contributed by atoms with E-state index >= 15 is 0 Å². The highest BCUT2D eigenvalue weighted by molar-refractivity contribution is 14.0. The van der Waals surface area contributed by atoms with Crippen molar-refractivity contribution in [3.8, 4) is 0 Å². The molecule has 0 aromatic rings. The third kappa shape index (κ3) is 6.77. The van der Waals surface area contributed by atoms with Gasteiger partial charge in [-0.1, -0.05) is 6.92 Å². The predicted octanol–water partition coefficient (Wildman–Crippen LogP) is 0.589. The van der Waals surface area contributed by atoms with E-state index < -0.39 is 10.0 Å². The number of halogens is 1. The number of aliphatic imine (C=N–C) groups is 1. The molecular formula is C16H33IN4O4S. The Hall–Kier alpha value is -0.170. The van der Waals surface area contributed by atoms with E-state index in [-0.39, 0.29) is 47.9 Å². The molecule has 0 aromatic heterocycles. The van der Waals surface area contributed by atoms with Gasteiger partial charge in [0, 0.05) is 45.2 Å². The molecule has 2 fully saturated rings. The molecule has 2 heterocycles. The van der Waals surface area contributed by atoms with Crippen molar-refractivity contribution in [3.05, 3.63) is 0 Å². The topological polar surface area (TPSA) is 83.5 Å².